The largest absolute Gasteiger partial charge is 0.490 e. The first-order chi connectivity index (χ1) is 7.44. The molecule has 0 aliphatic carbocycles. The molecule has 0 spiro atoms. The Morgan fingerprint density at radius 1 is 1.38 bits per heavy atom. The third-order valence-corrected chi connectivity index (χ3v) is 1.87. The molecule has 0 fully saturated rings. The van der Waals surface area contributed by atoms with Gasteiger partial charge in [-0.1, -0.05) is 12.1 Å². The van der Waals surface area contributed by atoms with Crippen molar-refractivity contribution in [3.05, 3.63) is 29.8 Å². The summed E-state index contributed by atoms with van der Waals surface area (Å²) in [4.78, 5) is 11.4. The Labute approximate surface area is 94.8 Å². The van der Waals surface area contributed by atoms with Gasteiger partial charge in [0.25, 0.3) is 0 Å². The Kier molecular flexibility index (Phi) is 3.90. The molecule has 0 saturated heterocycles. The normalized spacial score (nSPS) is 11.0. The number of rotatable bonds is 4. The number of esters is 1. The van der Waals surface area contributed by atoms with Crippen molar-refractivity contribution in [2.45, 2.75) is 19.4 Å². The summed E-state index contributed by atoms with van der Waals surface area (Å²) in [5.41, 5.74) is -0.585. The van der Waals surface area contributed by atoms with Gasteiger partial charge < -0.3 is 14.6 Å². The Balaban J connectivity index is 2.83. The summed E-state index contributed by atoms with van der Waals surface area (Å²) in [5, 5.41) is 9.52. The number of aliphatic hydroxyl groups is 1. The van der Waals surface area contributed by atoms with Crippen LogP contribution in [0, 0.1) is 0 Å². The molecule has 1 aromatic carbocycles. The van der Waals surface area contributed by atoms with Crippen molar-refractivity contribution < 1.29 is 19.4 Å². The number of carbonyl (C=O) groups excluding carboxylic acids is 1. The predicted molar refractivity (Wildman–Crippen MR) is 59.6 cm³/mol. The molecular weight excluding hydrogens is 208 g/mol. The van der Waals surface area contributed by atoms with Crippen LogP contribution in [0.5, 0.6) is 5.75 Å². The van der Waals surface area contributed by atoms with Crippen molar-refractivity contribution >= 4 is 5.97 Å². The van der Waals surface area contributed by atoms with Crippen molar-refractivity contribution in [3.8, 4) is 5.75 Å². The summed E-state index contributed by atoms with van der Waals surface area (Å²) in [5.74, 6) is -0.0391. The molecule has 0 amide bonds. The molecule has 0 aliphatic heterocycles. The number of ether oxygens (including phenoxy) is 2. The summed E-state index contributed by atoms with van der Waals surface area (Å²) in [6.07, 6.45) is 0. The van der Waals surface area contributed by atoms with Crippen LogP contribution in [0.1, 0.15) is 24.2 Å². The standard InChI is InChI=1S/C12H16O4/c1-12(2,14)8-16-10-7-5-4-6-9(10)11(13)15-3/h4-7,14H,8H2,1-3H3. The molecule has 4 heteroatoms. The minimum absolute atomic E-state index is 0.112. The van der Waals surface area contributed by atoms with Crippen LogP contribution in [-0.4, -0.2) is 30.4 Å². The molecule has 0 aromatic heterocycles. The zero-order valence-electron chi connectivity index (χ0n) is 9.69. The maximum atomic E-state index is 11.4. The number of para-hydroxylation sites is 1. The average Bonchev–Trinajstić information content (AvgIpc) is 2.25. The first-order valence-corrected chi connectivity index (χ1v) is 4.96. The third kappa shape index (κ3) is 3.55. The minimum atomic E-state index is -0.941. The first-order valence-electron chi connectivity index (χ1n) is 4.96. The summed E-state index contributed by atoms with van der Waals surface area (Å²) in [6.45, 7) is 3.38. The molecular formula is C12H16O4. The van der Waals surface area contributed by atoms with Gasteiger partial charge in [0.2, 0.25) is 0 Å². The number of hydrogen-bond acceptors (Lipinski definition) is 4. The fraction of sp³-hybridized carbons (Fsp3) is 0.417. The molecule has 1 aromatic rings. The van der Waals surface area contributed by atoms with Gasteiger partial charge in [-0.15, -0.1) is 0 Å². The van der Waals surface area contributed by atoms with E-state index < -0.39 is 11.6 Å². The molecule has 1 rings (SSSR count). The van der Waals surface area contributed by atoms with E-state index in [2.05, 4.69) is 4.74 Å². The lowest BCUT2D eigenvalue weighted by molar-refractivity contribution is 0.0272. The van der Waals surface area contributed by atoms with E-state index in [1.165, 1.54) is 7.11 Å². The highest BCUT2D eigenvalue weighted by Gasteiger charge is 2.17. The van der Waals surface area contributed by atoms with Gasteiger partial charge in [0.1, 0.15) is 17.9 Å². The highest BCUT2D eigenvalue weighted by atomic mass is 16.5. The van der Waals surface area contributed by atoms with E-state index in [9.17, 15) is 9.90 Å². The third-order valence-electron chi connectivity index (χ3n) is 1.87. The molecule has 0 saturated carbocycles. The molecule has 4 nitrogen and oxygen atoms in total. The number of methoxy groups -OCH3 is 1. The lowest BCUT2D eigenvalue weighted by Crippen LogP contribution is -2.28. The quantitative estimate of drug-likeness (QED) is 0.790. The van der Waals surface area contributed by atoms with Gasteiger partial charge in [0.05, 0.1) is 12.7 Å². The van der Waals surface area contributed by atoms with Crippen LogP contribution in [0.4, 0.5) is 0 Å². The molecule has 0 aliphatic rings. The maximum Gasteiger partial charge on any atom is 0.341 e. The van der Waals surface area contributed by atoms with Crippen LogP contribution in [-0.2, 0) is 4.74 Å². The van der Waals surface area contributed by atoms with E-state index in [0.717, 1.165) is 0 Å². The van der Waals surface area contributed by atoms with Gasteiger partial charge in [0, 0.05) is 0 Å². The van der Waals surface area contributed by atoms with Crippen LogP contribution in [0.25, 0.3) is 0 Å². The van der Waals surface area contributed by atoms with Gasteiger partial charge >= 0.3 is 5.97 Å². The Morgan fingerprint density at radius 2 is 2.00 bits per heavy atom. The zero-order chi connectivity index (χ0) is 12.2. The summed E-state index contributed by atoms with van der Waals surface area (Å²) >= 11 is 0. The van der Waals surface area contributed by atoms with Gasteiger partial charge in [0.15, 0.2) is 0 Å². The Hall–Kier alpha value is -1.55. The van der Waals surface area contributed by atoms with Crippen molar-refractivity contribution in [2.24, 2.45) is 0 Å². The summed E-state index contributed by atoms with van der Waals surface area (Å²) in [6, 6.07) is 6.76. The van der Waals surface area contributed by atoms with E-state index in [0.29, 0.717) is 11.3 Å². The van der Waals surface area contributed by atoms with Gasteiger partial charge in [-0.3, -0.25) is 0 Å². The van der Waals surface area contributed by atoms with Gasteiger partial charge in [-0.05, 0) is 26.0 Å². The van der Waals surface area contributed by atoms with Gasteiger partial charge in [-0.2, -0.15) is 0 Å². The molecule has 0 bridgehead atoms. The second-order valence-corrected chi connectivity index (χ2v) is 4.09. The molecule has 0 atom stereocenters. The first kappa shape index (κ1) is 12.5. The fourth-order valence-electron chi connectivity index (χ4n) is 1.13. The molecule has 88 valence electrons. The van der Waals surface area contributed by atoms with Crippen molar-refractivity contribution in [1.29, 1.82) is 0 Å². The lowest BCUT2D eigenvalue weighted by Gasteiger charge is -2.18. The van der Waals surface area contributed by atoms with Crippen LogP contribution in [0.2, 0.25) is 0 Å². The SMILES string of the molecule is COC(=O)c1ccccc1OCC(C)(C)O. The minimum Gasteiger partial charge on any atom is -0.490 e. The average molecular weight is 224 g/mol. The van der Waals surface area contributed by atoms with Gasteiger partial charge in [-0.25, -0.2) is 4.79 Å². The van der Waals surface area contributed by atoms with Crippen LogP contribution < -0.4 is 4.74 Å². The fourth-order valence-corrected chi connectivity index (χ4v) is 1.13. The number of hydrogen-bond donors (Lipinski definition) is 1. The van der Waals surface area contributed by atoms with E-state index in [1.807, 2.05) is 0 Å². The van der Waals surface area contributed by atoms with Crippen LogP contribution >= 0.6 is 0 Å². The monoisotopic (exact) mass is 224 g/mol. The smallest absolute Gasteiger partial charge is 0.341 e. The summed E-state index contributed by atoms with van der Waals surface area (Å²) < 4.78 is 10.0. The zero-order valence-corrected chi connectivity index (χ0v) is 9.69. The van der Waals surface area contributed by atoms with Crippen molar-refractivity contribution in [3.63, 3.8) is 0 Å². The number of carbonyl (C=O) groups is 1. The van der Waals surface area contributed by atoms with E-state index in [-0.39, 0.29) is 6.61 Å². The van der Waals surface area contributed by atoms with E-state index in [4.69, 9.17) is 4.74 Å². The highest BCUT2D eigenvalue weighted by Crippen LogP contribution is 2.19. The Morgan fingerprint density at radius 3 is 2.56 bits per heavy atom. The molecule has 1 N–H and O–H groups in total. The lowest BCUT2D eigenvalue weighted by atomic mass is 10.1. The molecule has 16 heavy (non-hydrogen) atoms. The second-order valence-electron chi connectivity index (χ2n) is 4.09. The van der Waals surface area contributed by atoms with Crippen molar-refractivity contribution in [2.75, 3.05) is 13.7 Å². The van der Waals surface area contributed by atoms with Crippen LogP contribution in [0.15, 0.2) is 24.3 Å². The maximum absolute atomic E-state index is 11.4. The predicted octanol–water partition coefficient (Wildman–Crippen LogP) is 1.62. The van der Waals surface area contributed by atoms with Crippen molar-refractivity contribution in [1.82, 2.24) is 0 Å². The molecule has 0 heterocycles. The van der Waals surface area contributed by atoms with E-state index in [1.54, 1.807) is 38.1 Å². The second kappa shape index (κ2) is 4.99. The Bertz CT molecular complexity index is 366. The van der Waals surface area contributed by atoms with Crippen LogP contribution in [0.3, 0.4) is 0 Å². The molecule has 0 unspecified atom stereocenters. The highest BCUT2D eigenvalue weighted by molar-refractivity contribution is 5.92. The topological polar surface area (TPSA) is 55.8 Å². The van der Waals surface area contributed by atoms with E-state index >= 15 is 0 Å². The molecule has 0 radical (unpaired) electrons. The summed E-state index contributed by atoms with van der Waals surface area (Å²) in [7, 11) is 1.31. The number of benzene rings is 1.